The molecule has 2 heteroatoms. The van der Waals surface area contributed by atoms with Gasteiger partial charge in [0.1, 0.15) is 5.75 Å². The lowest BCUT2D eigenvalue weighted by Crippen LogP contribution is -2.11. The summed E-state index contributed by atoms with van der Waals surface area (Å²) in [7, 11) is 0. The van der Waals surface area contributed by atoms with Crippen molar-refractivity contribution in [3.63, 3.8) is 0 Å². The van der Waals surface area contributed by atoms with Gasteiger partial charge in [-0.15, -0.1) is 0 Å². The van der Waals surface area contributed by atoms with Crippen molar-refractivity contribution >= 4 is 22.8 Å². The fraction of sp³-hybridized carbons (Fsp3) is 0.174. The van der Waals surface area contributed by atoms with Crippen molar-refractivity contribution in [2.24, 2.45) is 0 Å². The molecule has 0 bridgehead atoms. The van der Waals surface area contributed by atoms with Crippen LogP contribution in [0.25, 0.3) is 16.8 Å². The SMILES string of the molecule is CC(C)(C)c1ccc(OC(=O)/C=C/c2cccc3ccccc23)cc1. The van der Waals surface area contributed by atoms with Crippen molar-refractivity contribution < 1.29 is 9.53 Å². The van der Waals surface area contributed by atoms with Gasteiger partial charge in [0, 0.05) is 6.08 Å². The number of rotatable bonds is 3. The summed E-state index contributed by atoms with van der Waals surface area (Å²) in [6, 6.07) is 21.8. The smallest absolute Gasteiger partial charge is 0.336 e. The van der Waals surface area contributed by atoms with Crippen LogP contribution in [0.15, 0.2) is 72.8 Å². The van der Waals surface area contributed by atoms with Crippen molar-refractivity contribution in [2.75, 3.05) is 0 Å². The van der Waals surface area contributed by atoms with Crippen LogP contribution < -0.4 is 4.74 Å². The summed E-state index contributed by atoms with van der Waals surface area (Å²) < 4.78 is 5.39. The van der Waals surface area contributed by atoms with Crippen LogP contribution in [0, 0.1) is 0 Å². The third kappa shape index (κ3) is 4.16. The Balaban J connectivity index is 1.73. The maximum atomic E-state index is 12.1. The standard InChI is InChI=1S/C23H22O2/c1-23(2,3)19-12-14-20(15-13-19)25-22(24)16-11-18-9-6-8-17-7-4-5-10-21(17)18/h4-16H,1-3H3/b16-11+. The molecular weight excluding hydrogens is 308 g/mol. The molecule has 0 heterocycles. The predicted octanol–water partition coefficient (Wildman–Crippen LogP) is 5.76. The first kappa shape index (κ1) is 17.0. The minimum absolute atomic E-state index is 0.0802. The molecule has 3 aromatic rings. The summed E-state index contributed by atoms with van der Waals surface area (Å²) in [5.74, 6) is 0.178. The zero-order chi connectivity index (χ0) is 17.9. The van der Waals surface area contributed by atoms with Crippen molar-refractivity contribution in [3.05, 3.63) is 83.9 Å². The van der Waals surface area contributed by atoms with E-state index in [1.807, 2.05) is 54.6 Å². The fourth-order valence-corrected chi connectivity index (χ4v) is 2.73. The first-order valence-corrected chi connectivity index (χ1v) is 8.42. The highest BCUT2D eigenvalue weighted by Crippen LogP contribution is 2.24. The second-order valence-electron chi connectivity index (χ2n) is 7.10. The zero-order valence-electron chi connectivity index (χ0n) is 14.8. The number of hydrogen-bond acceptors (Lipinski definition) is 2. The predicted molar refractivity (Wildman–Crippen MR) is 104 cm³/mol. The summed E-state index contributed by atoms with van der Waals surface area (Å²) in [5.41, 5.74) is 2.29. The minimum atomic E-state index is -0.378. The molecule has 0 atom stereocenters. The van der Waals surface area contributed by atoms with E-state index in [-0.39, 0.29) is 11.4 Å². The molecule has 126 valence electrons. The molecule has 0 aliphatic rings. The number of carbonyl (C=O) groups is 1. The highest BCUT2D eigenvalue weighted by atomic mass is 16.5. The van der Waals surface area contributed by atoms with E-state index in [0.717, 1.165) is 16.3 Å². The Labute approximate surface area is 148 Å². The third-order valence-corrected chi connectivity index (χ3v) is 4.16. The summed E-state index contributed by atoms with van der Waals surface area (Å²) in [4.78, 5) is 12.1. The molecule has 0 aliphatic heterocycles. The van der Waals surface area contributed by atoms with Gasteiger partial charge in [-0.3, -0.25) is 0 Å². The number of hydrogen-bond donors (Lipinski definition) is 0. The van der Waals surface area contributed by atoms with Crippen LogP contribution >= 0.6 is 0 Å². The topological polar surface area (TPSA) is 26.3 Å². The van der Waals surface area contributed by atoms with Gasteiger partial charge in [0.05, 0.1) is 0 Å². The molecule has 0 radical (unpaired) electrons. The highest BCUT2D eigenvalue weighted by molar-refractivity contribution is 5.95. The Hall–Kier alpha value is -2.87. The maximum absolute atomic E-state index is 12.1. The van der Waals surface area contributed by atoms with Crippen LogP contribution in [0.2, 0.25) is 0 Å². The molecule has 0 amide bonds. The Morgan fingerprint density at radius 3 is 2.28 bits per heavy atom. The van der Waals surface area contributed by atoms with Gasteiger partial charge in [-0.05, 0) is 45.5 Å². The van der Waals surface area contributed by atoms with E-state index in [9.17, 15) is 4.79 Å². The van der Waals surface area contributed by atoms with Gasteiger partial charge < -0.3 is 4.74 Å². The summed E-state index contributed by atoms with van der Waals surface area (Å²) in [6.45, 7) is 6.46. The summed E-state index contributed by atoms with van der Waals surface area (Å²) >= 11 is 0. The average Bonchev–Trinajstić information content (AvgIpc) is 2.59. The van der Waals surface area contributed by atoms with Crippen molar-refractivity contribution in [1.82, 2.24) is 0 Å². The van der Waals surface area contributed by atoms with Gasteiger partial charge in [0.15, 0.2) is 0 Å². The van der Waals surface area contributed by atoms with Gasteiger partial charge in [-0.1, -0.05) is 75.4 Å². The number of benzene rings is 3. The highest BCUT2D eigenvalue weighted by Gasteiger charge is 2.13. The molecule has 0 unspecified atom stereocenters. The average molecular weight is 330 g/mol. The minimum Gasteiger partial charge on any atom is -0.423 e. The lowest BCUT2D eigenvalue weighted by atomic mass is 9.87. The number of esters is 1. The summed E-state index contributed by atoms with van der Waals surface area (Å²) in [5, 5.41) is 2.26. The molecule has 0 aromatic heterocycles. The molecule has 3 aromatic carbocycles. The van der Waals surface area contributed by atoms with Crippen LogP contribution in [0.1, 0.15) is 31.9 Å². The molecule has 0 saturated heterocycles. The second-order valence-corrected chi connectivity index (χ2v) is 7.10. The van der Waals surface area contributed by atoms with Gasteiger partial charge >= 0.3 is 5.97 Å². The van der Waals surface area contributed by atoms with Crippen LogP contribution in [0.3, 0.4) is 0 Å². The molecule has 2 nitrogen and oxygen atoms in total. The molecular formula is C23H22O2. The fourth-order valence-electron chi connectivity index (χ4n) is 2.73. The van der Waals surface area contributed by atoms with E-state index in [1.54, 1.807) is 6.08 Å². The first-order valence-electron chi connectivity index (χ1n) is 8.42. The van der Waals surface area contributed by atoms with Gasteiger partial charge in [0.25, 0.3) is 0 Å². The second kappa shape index (κ2) is 6.94. The van der Waals surface area contributed by atoms with E-state index in [0.29, 0.717) is 5.75 Å². The van der Waals surface area contributed by atoms with Crippen LogP contribution in [-0.4, -0.2) is 5.97 Å². The molecule has 0 saturated carbocycles. The Morgan fingerprint density at radius 2 is 1.56 bits per heavy atom. The first-order chi connectivity index (χ1) is 11.9. The van der Waals surface area contributed by atoms with E-state index in [2.05, 4.69) is 32.9 Å². The quantitative estimate of drug-likeness (QED) is 0.347. The molecule has 0 spiro atoms. The Bertz CT molecular complexity index is 907. The zero-order valence-corrected chi connectivity index (χ0v) is 14.8. The Kier molecular flexibility index (Phi) is 4.71. The molecule has 25 heavy (non-hydrogen) atoms. The van der Waals surface area contributed by atoms with E-state index in [4.69, 9.17) is 4.74 Å². The van der Waals surface area contributed by atoms with Gasteiger partial charge in [-0.25, -0.2) is 4.79 Å². The molecule has 0 N–H and O–H groups in total. The molecule has 0 aliphatic carbocycles. The van der Waals surface area contributed by atoms with E-state index in [1.165, 1.54) is 11.6 Å². The maximum Gasteiger partial charge on any atom is 0.336 e. The van der Waals surface area contributed by atoms with Crippen LogP contribution in [0.4, 0.5) is 0 Å². The van der Waals surface area contributed by atoms with Crippen LogP contribution in [0.5, 0.6) is 5.75 Å². The van der Waals surface area contributed by atoms with Crippen molar-refractivity contribution in [1.29, 1.82) is 0 Å². The van der Waals surface area contributed by atoms with E-state index >= 15 is 0 Å². The third-order valence-electron chi connectivity index (χ3n) is 4.16. The van der Waals surface area contributed by atoms with E-state index < -0.39 is 0 Å². The number of carbonyl (C=O) groups excluding carboxylic acids is 1. The van der Waals surface area contributed by atoms with Crippen molar-refractivity contribution in [3.8, 4) is 5.75 Å². The Morgan fingerprint density at radius 1 is 0.880 bits per heavy atom. The van der Waals surface area contributed by atoms with Gasteiger partial charge in [0.2, 0.25) is 0 Å². The molecule has 3 rings (SSSR count). The lowest BCUT2D eigenvalue weighted by Gasteiger charge is -2.18. The monoisotopic (exact) mass is 330 g/mol. The normalized spacial score (nSPS) is 11.8. The van der Waals surface area contributed by atoms with Crippen molar-refractivity contribution in [2.45, 2.75) is 26.2 Å². The van der Waals surface area contributed by atoms with Gasteiger partial charge in [-0.2, -0.15) is 0 Å². The number of ether oxygens (including phenoxy) is 1. The molecule has 0 fully saturated rings. The number of fused-ring (bicyclic) bond motifs is 1. The lowest BCUT2D eigenvalue weighted by molar-refractivity contribution is -0.128. The summed E-state index contributed by atoms with van der Waals surface area (Å²) in [6.07, 6.45) is 3.27. The largest absolute Gasteiger partial charge is 0.423 e. The van der Waals surface area contributed by atoms with Crippen LogP contribution in [-0.2, 0) is 10.2 Å².